The molecule has 0 aliphatic heterocycles. The van der Waals surface area contributed by atoms with E-state index in [4.69, 9.17) is 5.14 Å². The van der Waals surface area contributed by atoms with Crippen molar-refractivity contribution < 1.29 is 18.0 Å². The highest BCUT2D eigenvalue weighted by Crippen LogP contribution is 2.28. The predicted octanol–water partition coefficient (Wildman–Crippen LogP) is 1.92. The zero-order valence-electron chi connectivity index (χ0n) is 13.4. The Morgan fingerprint density at radius 3 is 2.25 bits per heavy atom. The number of Topliss-reactive ketones (excluding diaryl/α,β-unsaturated/α-hetero) is 1. The molecule has 1 amide bonds. The second kappa shape index (κ2) is 6.71. The van der Waals surface area contributed by atoms with E-state index in [9.17, 15) is 18.0 Å². The number of hydrogen-bond acceptors (Lipinski definition) is 6. The molecule has 128 valence electrons. The van der Waals surface area contributed by atoms with Crippen molar-refractivity contribution >= 4 is 44.4 Å². The van der Waals surface area contributed by atoms with Crippen molar-refractivity contribution in [1.82, 2.24) is 0 Å². The Kier molecular flexibility index (Phi) is 5.07. The van der Waals surface area contributed by atoms with Gasteiger partial charge in [0.05, 0.1) is 26.0 Å². The van der Waals surface area contributed by atoms with Crippen LogP contribution in [-0.4, -0.2) is 34.2 Å². The maximum Gasteiger partial charge on any atom is 0.265 e. The first-order valence-electron chi connectivity index (χ1n) is 6.86. The Hall–Kier alpha value is -2.23. The van der Waals surface area contributed by atoms with Crippen molar-refractivity contribution in [3.05, 3.63) is 40.1 Å². The van der Waals surface area contributed by atoms with Gasteiger partial charge >= 0.3 is 0 Å². The van der Waals surface area contributed by atoms with E-state index < -0.39 is 15.9 Å². The average molecular weight is 367 g/mol. The molecule has 0 spiro atoms. The number of carbonyl (C=O) groups is 2. The van der Waals surface area contributed by atoms with E-state index in [2.05, 4.69) is 5.32 Å². The molecule has 0 saturated carbocycles. The molecule has 0 aliphatic carbocycles. The summed E-state index contributed by atoms with van der Waals surface area (Å²) in [6.07, 6.45) is 0. The summed E-state index contributed by atoms with van der Waals surface area (Å²) in [5.41, 5.74) is 0.938. The minimum Gasteiger partial charge on any atom is -0.376 e. The minimum atomic E-state index is -3.89. The number of nitrogens with two attached hydrogens (primary N) is 1. The van der Waals surface area contributed by atoms with Gasteiger partial charge in [-0.25, -0.2) is 13.6 Å². The Morgan fingerprint density at radius 2 is 1.75 bits per heavy atom. The van der Waals surface area contributed by atoms with E-state index in [-0.39, 0.29) is 10.7 Å². The SMILES string of the molecule is CC(=O)c1ccc(C(=O)Nc2cc(S(N)(=O)=O)ccc2N(C)C)s1. The highest BCUT2D eigenvalue weighted by molar-refractivity contribution is 7.89. The van der Waals surface area contributed by atoms with Gasteiger partial charge in [0.25, 0.3) is 5.91 Å². The molecule has 2 aromatic rings. The first-order chi connectivity index (χ1) is 11.1. The van der Waals surface area contributed by atoms with Crippen LogP contribution < -0.4 is 15.4 Å². The number of hydrogen-bond donors (Lipinski definition) is 2. The molecule has 0 radical (unpaired) electrons. The number of benzene rings is 1. The largest absolute Gasteiger partial charge is 0.376 e. The van der Waals surface area contributed by atoms with Gasteiger partial charge in [0.2, 0.25) is 10.0 Å². The summed E-state index contributed by atoms with van der Waals surface area (Å²) < 4.78 is 23.0. The van der Waals surface area contributed by atoms with E-state index in [1.165, 1.54) is 19.1 Å². The molecule has 1 aromatic carbocycles. The molecule has 7 nitrogen and oxygen atoms in total. The van der Waals surface area contributed by atoms with Gasteiger partial charge < -0.3 is 10.2 Å². The van der Waals surface area contributed by atoms with Gasteiger partial charge in [-0.2, -0.15) is 0 Å². The predicted molar refractivity (Wildman–Crippen MR) is 94.4 cm³/mol. The second-order valence-corrected chi connectivity index (χ2v) is 7.94. The third kappa shape index (κ3) is 3.99. The lowest BCUT2D eigenvalue weighted by Crippen LogP contribution is -2.18. The van der Waals surface area contributed by atoms with E-state index in [0.29, 0.717) is 21.1 Å². The van der Waals surface area contributed by atoms with E-state index in [1.54, 1.807) is 37.2 Å². The zero-order chi connectivity index (χ0) is 18.1. The van der Waals surface area contributed by atoms with Crippen molar-refractivity contribution in [1.29, 1.82) is 0 Å². The Labute approximate surface area is 144 Å². The number of rotatable bonds is 5. The van der Waals surface area contributed by atoms with Crippen LogP contribution >= 0.6 is 11.3 Å². The fourth-order valence-corrected chi connectivity index (χ4v) is 3.35. The number of nitrogens with one attached hydrogen (secondary N) is 1. The number of anilines is 2. The Balaban J connectivity index is 2.39. The number of sulfonamides is 1. The van der Waals surface area contributed by atoms with Crippen molar-refractivity contribution in [3.8, 4) is 0 Å². The van der Waals surface area contributed by atoms with Crippen LogP contribution in [0.1, 0.15) is 26.3 Å². The maximum absolute atomic E-state index is 12.4. The lowest BCUT2D eigenvalue weighted by Gasteiger charge is -2.18. The van der Waals surface area contributed by atoms with Gasteiger partial charge in [0.15, 0.2) is 5.78 Å². The van der Waals surface area contributed by atoms with Crippen LogP contribution in [0.2, 0.25) is 0 Å². The van der Waals surface area contributed by atoms with E-state index in [1.807, 2.05) is 0 Å². The molecule has 0 atom stereocenters. The highest BCUT2D eigenvalue weighted by atomic mass is 32.2. The standard InChI is InChI=1S/C15H17N3O4S2/c1-9(19)13-6-7-14(23-13)15(20)17-11-8-10(24(16,21)22)4-5-12(11)18(2)3/h4-8H,1-3H3,(H,17,20)(H2,16,21,22). The van der Waals surface area contributed by atoms with Crippen LogP contribution in [0, 0.1) is 0 Å². The van der Waals surface area contributed by atoms with Crippen molar-refractivity contribution in [3.63, 3.8) is 0 Å². The van der Waals surface area contributed by atoms with Crippen molar-refractivity contribution in [2.24, 2.45) is 5.14 Å². The molecule has 1 heterocycles. The number of ketones is 1. The Morgan fingerprint density at radius 1 is 1.12 bits per heavy atom. The van der Waals surface area contributed by atoms with Crippen LogP contribution in [0.4, 0.5) is 11.4 Å². The van der Waals surface area contributed by atoms with Crippen molar-refractivity contribution in [2.45, 2.75) is 11.8 Å². The molecule has 1 aromatic heterocycles. The molecule has 0 bridgehead atoms. The maximum atomic E-state index is 12.4. The topological polar surface area (TPSA) is 110 Å². The summed E-state index contributed by atoms with van der Waals surface area (Å²) in [5.74, 6) is -0.550. The number of amides is 1. The molecule has 0 fully saturated rings. The molecule has 9 heteroatoms. The Bertz CT molecular complexity index is 901. The van der Waals surface area contributed by atoms with Crippen molar-refractivity contribution in [2.75, 3.05) is 24.3 Å². The third-order valence-corrected chi connectivity index (χ3v) is 5.30. The van der Waals surface area contributed by atoms with Crippen LogP contribution in [0.15, 0.2) is 35.2 Å². The van der Waals surface area contributed by atoms with Gasteiger partial charge in [-0.05, 0) is 37.3 Å². The third-order valence-electron chi connectivity index (χ3n) is 3.20. The quantitative estimate of drug-likeness (QED) is 0.785. The lowest BCUT2D eigenvalue weighted by molar-refractivity contribution is 0.101. The zero-order valence-corrected chi connectivity index (χ0v) is 15.0. The molecule has 24 heavy (non-hydrogen) atoms. The first-order valence-corrected chi connectivity index (χ1v) is 9.22. The highest BCUT2D eigenvalue weighted by Gasteiger charge is 2.17. The summed E-state index contributed by atoms with van der Waals surface area (Å²) in [7, 11) is -0.358. The summed E-state index contributed by atoms with van der Waals surface area (Å²) in [6.45, 7) is 1.42. The number of nitrogens with zero attached hydrogens (tertiary/aromatic N) is 1. The molecule has 0 unspecified atom stereocenters. The summed E-state index contributed by atoms with van der Waals surface area (Å²) in [4.78, 5) is 26.2. The molecule has 2 rings (SSSR count). The fraction of sp³-hybridized carbons (Fsp3) is 0.200. The lowest BCUT2D eigenvalue weighted by atomic mass is 10.2. The monoisotopic (exact) mass is 367 g/mol. The molecule has 3 N–H and O–H groups in total. The minimum absolute atomic E-state index is 0.0981. The van der Waals surface area contributed by atoms with Gasteiger partial charge in [-0.3, -0.25) is 9.59 Å². The normalized spacial score (nSPS) is 11.2. The van der Waals surface area contributed by atoms with Gasteiger partial charge in [-0.1, -0.05) is 0 Å². The molecule has 0 saturated heterocycles. The smallest absolute Gasteiger partial charge is 0.265 e. The fourth-order valence-electron chi connectivity index (χ4n) is 2.02. The molecular formula is C15H17N3O4S2. The van der Waals surface area contributed by atoms with Gasteiger partial charge in [0, 0.05) is 14.1 Å². The van der Waals surface area contributed by atoms with Crippen LogP contribution in [0.25, 0.3) is 0 Å². The van der Waals surface area contributed by atoms with Crippen LogP contribution in [0.3, 0.4) is 0 Å². The molecular weight excluding hydrogens is 350 g/mol. The number of carbonyl (C=O) groups excluding carboxylic acids is 2. The molecule has 0 aliphatic rings. The summed E-state index contributed by atoms with van der Waals surface area (Å²) >= 11 is 1.07. The average Bonchev–Trinajstić information content (AvgIpc) is 2.96. The van der Waals surface area contributed by atoms with Gasteiger partial charge in [0.1, 0.15) is 0 Å². The summed E-state index contributed by atoms with van der Waals surface area (Å²) in [6, 6.07) is 7.37. The van der Waals surface area contributed by atoms with Crippen LogP contribution in [0.5, 0.6) is 0 Å². The van der Waals surface area contributed by atoms with Crippen LogP contribution in [-0.2, 0) is 10.0 Å². The number of thiophene rings is 1. The first kappa shape index (κ1) is 18.1. The summed E-state index contributed by atoms with van der Waals surface area (Å²) in [5, 5.41) is 7.81. The van der Waals surface area contributed by atoms with Gasteiger partial charge in [-0.15, -0.1) is 11.3 Å². The second-order valence-electron chi connectivity index (χ2n) is 5.29. The van der Waals surface area contributed by atoms with E-state index >= 15 is 0 Å². The van der Waals surface area contributed by atoms with E-state index in [0.717, 1.165) is 11.3 Å². The number of primary sulfonamides is 1.